The van der Waals surface area contributed by atoms with Crippen molar-refractivity contribution >= 4 is 17.9 Å². The fraction of sp³-hybridized carbons (Fsp3) is 0.697. The van der Waals surface area contributed by atoms with Gasteiger partial charge in [-0.15, -0.1) is 0 Å². The molecule has 0 saturated heterocycles. The van der Waals surface area contributed by atoms with Crippen molar-refractivity contribution in [3.63, 3.8) is 0 Å². The van der Waals surface area contributed by atoms with Gasteiger partial charge in [-0.2, -0.15) is 0 Å². The van der Waals surface area contributed by atoms with Crippen LogP contribution in [0.3, 0.4) is 0 Å². The Morgan fingerprint density at radius 1 is 0.365 bits per heavy atom. The van der Waals surface area contributed by atoms with Crippen molar-refractivity contribution in [2.75, 3.05) is 47.5 Å². The third-order valence-electron chi connectivity index (χ3n) is 14.7. The van der Waals surface area contributed by atoms with Crippen molar-refractivity contribution in [1.82, 2.24) is 0 Å². The number of aliphatic carboxylic acids is 1. The molecule has 0 amide bonds. The molecule has 0 saturated carbocycles. The van der Waals surface area contributed by atoms with E-state index in [-0.39, 0.29) is 38.6 Å². The first-order valence-corrected chi connectivity index (χ1v) is 34.7. The lowest BCUT2D eigenvalue weighted by molar-refractivity contribution is -0.870. The van der Waals surface area contributed by atoms with Gasteiger partial charge >= 0.3 is 11.9 Å². The summed E-state index contributed by atoms with van der Waals surface area (Å²) in [4.78, 5) is 37.5. The van der Waals surface area contributed by atoms with Gasteiger partial charge in [0.05, 0.1) is 40.3 Å². The highest BCUT2D eigenvalue weighted by molar-refractivity contribution is 5.70. The van der Waals surface area contributed by atoms with Gasteiger partial charge < -0.3 is 33.3 Å². The third-order valence-corrected chi connectivity index (χ3v) is 14.7. The molecule has 2 unspecified atom stereocenters. The van der Waals surface area contributed by atoms with Gasteiger partial charge in [-0.3, -0.25) is 9.59 Å². The van der Waals surface area contributed by atoms with Crippen LogP contribution in [-0.2, 0) is 33.3 Å². The maximum absolute atomic E-state index is 12.9. The van der Waals surface area contributed by atoms with Crippen LogP contribution >= 0.6 is 0 Å². The van der Waals surface area contributed by atoms with Crippen molar-refractivity contribution in [1.29, 1.82) is 0 Å². The fourth-order valence-corrected chi connectivity index (χ4v) is 9.45. The molecule has 0 aliphatic heterocycles. The molecule has 0 N–H and O–H groups in total. The van der Waals surface area contributed by atoms with E-state index in [4.69, 9.17) is 18.9 Å². The maximum Gasteiger partial charge on any atom is 0.306 e. The molecular formula is C76H129NO8. The summed E-state index contributed by atoms with van der Waals surface area (Å²) in [5.41, 5.74) is 0. The van der Waals surface area contributed by atoms with Gasteiger partial charge in [0.25, 0.3) is 0 Å². The number of carboxylic acids is 1. The number of quaternary nitrogens is 1. The normalized spacial score (nSPS) is 13.5. The molecule has 0 aromatic rings. The minimum atomic E-state index is -1.64. The SMILES string of the molecule is CC/C=C\C/C=C\C/C=C\C/C=C\C/C=C\C/C=C\C/C=C\C/C=C\C/C=C\C/C=C\CCCCCCC(=O)OC(COC(=O)CCCCCCCCCCCCCCCCCCCCCCCCCCC)COC(OCC[N+](C)(C)C)C(=O)[O-]. The van der Waals surface area contributed by atoms with E-state index < -0.39 is 24.3 Å². The van der Waals surface area contributed by atoms with E-state index in [1.165, 1.54) is 141 Å². The molecule has 0 rings (SSSR count). The zero-order valence-electron chi connectivity index (χ0n) is 55.4. The zero-order valence-corrected chi connectivity index (χ0v) is 55.4. The van der Waals surface area contributed by atoms with E-state index in [9.17, 15) is 19.5 Å². The molecule has 0 aliphatic carbocycles. The molecule has 0 heterocycles. The van der Waals surface area contributed by atoms with Gasteiger partial charge in [0.2, 0.25) is 0 Å². The van der Waals surface area contributed by atoms with Gasteiger partial charge in [0.15, 0.2) is 12.4 Å². The third kappa shape index (κ3) is 67.1. The molecule has 0 aliphatic rings. The Bertz CT molecular complexity index is 1810. The lowest BCUT2D eigenvalue weighted by atomic mass is 10.0. The number of rotatable bonds is 63. The van der Waals surface area contributed by atoms with Gasteiger partial charge in [0.1, 0.15) is 13.2 Å². The number of carboxylic acid groups (broad SMARTS) is 1. The number of ether oxygens (including phenoxy) is 4. The Morgan fingerprint density at radius 3 is 1.00 bits per heavy atom. The summed E-state index contributed by atoms with van der Waals surface area (Å²) in [6.07, 6.45) is 89.9. The van der Waals surface area contributed by atoms with E-state index in [2.05, 4.69) is 135 Å². The molecule has 0 aromatic carbocycles. The molecule has 0 bridgehead atoms. The molecule has 0 fully saturated rings. The minimum Gasteiger partial charge on any atom is -0.545 e. The lowest BCUT2D eigenvalue weighted by Crippen LogP contribution is -2.44. The average Bonchev–Trinajstić information content (AvgIpc) is 3.48. The van der Waals surface area contributed by atoms with Crippen LogP contribution in [-0.4, -0.2) is 82.3 Å². The number of esters is 2. The predicted molar refractivity (Wildman–Crippen MR) is 361 cm³/mol. The first kappa shape index (κ1) is 80.7. The number of hydrogen-bond donors (Lipinski definition) is 0. The Hall–Kier alpha value is -4.31. The van der Waals surface area contributed by atoms with Crippen LogP contribution in [0.15, 0.2) is 122 Å². The molecule has 2 atom stereocenters. The smallest absolute Gasteiger partial charge is 0.306 e. The number of nitrogens with zero attached hydrogens (tertiary/aromatic N) is 1. The van der Waals surface area contributed by atoms with Crippen LogP contribution in [0.1, 0.15) is 284 Å². The first-order valence-electron chi connectivity index (χ1n) is 34.7. The summed E-state index contributed by atoms with van der Waals surface area (Å²) in [7, 11) is 5.92. The molecule has 0 spiro atoms. The summed E-state index contributed by atoms with van der Waals surface area (Å²) < 4.78 is 22.8. The zero-order chi connectivity index (χ0) is 61.9. The Morgan fingerprint density at radius 2 is 0.671 bits per heavy atom. The Labute approximate surface area is 523 Å². The highest BCUT2D eigenvalue weighted by atomic mass is 16.7. The average molecular weight is 1180 g/mol. The Balaban J connectivity index is 4.23. The molecule has 9 heteroatoms. The van der Waals surface area contributed by atoms with E-state index in [0.717, 1.165) is 109 Å². The van der Waals surface area contributed by atoms with Gasteiger partial charge in [-0.1, -0.05) is 302 Å². The largest absolute Gasteiger partial charge is 0.545 e. The van der Waals surface area contributed by atoms with E-state index in [1.54, 1.807) is 0 Å². The summed E-state index contributed by atoms with van der Waals surface area (Å²) in [5, 5.41) is 11.8. The number of hydrogen-bond acceptors (Lipinski definition) is 8. The van der Waals surface area contributed by atoms with Crippen LogP contribution in [0.4, 0.5) is 0 Å². The molecule has 486 valence electrons. The second-order valence-electron chi connectivity index (χ2n) is 24.1. The first-order chi connectivity index (χ1) is 41.6. The number of carbonyl (C=O) groups is 3. The van der Waals surface area contributed by atoms with Crippen molar-refractivity contribution in [2.24, 2.45) is 0 Å². The van der Waals surface area contributed by atoms with Crippen molar-refractivity contribution in [3.8, 4) is 0 Å². The van der Waals surface area contributed by atoms with Crippen molar-refractivity contribution in [2.45, 2.75) is 296 Å². The van der Waals surface area contributed by atoms with Crippen LogP contribution in [0.25, 0.3) is 0 Å². The van der Waals surface area contributed by atoms with Crippen LogP contribution < -0.4 is 5.11 Å². The number of likely N-dealkylation sites (N-methyl/N-ethyl adjacent to an activating group) is 1. The fourth-order valence-electron chi connectivity index (χ4n) is 9.45. The lowest BCUT2D eigenvalue weighted by Gasteiger charge is -2.26. The quantitative estimate of drug-likeness (QED) is 0.0195. The standard InChI is InChI=1S/C76H129NO8/c1-6-8-10-12-14-16-18-20-22-24-26-28-30-32-33-34-35-36-37-38-39-40-41-43-45-47-49-51-53-55-57-59-61-63-65-67-74(79)85-72(71-84-76(75(80)81)82-69-68-77(3,4)5)70-83-73(78)66-64-62-60-58-56-54-52-50-48-46-44-42-31-29-27-25-23-21-19-17-15-13-11-9-7-2/h8,10,14,16,20,22,26,28,32-33,35-36,38-39,41,43,47,49,53,55,72,76H,6-7,9,11-13,15,17-19,21,23-25,27,29-31,34,37,40,42,44-46,48,50-52,54,56-71H2,1-5H3/b10-8-,16-14-,22-20-,28-26-,33-32-,36-35-,39-38-,43-41-,49-47-,55-53-. The molecule has 9 nitrogen and oxygen atoms in total. The van der Waals surface area contributed by atoms with Gasteiger partial charge in [-0.05, 0) is 89.9 Å². The predicted octanol–water partition coefficient (Wildman–Crippen LogP) is 20.2. The van der Waals surface area contributed by atoms with E-state index >= 15 is 0 Å². The Kier molecular flexibility index (Phi) is 62.3. The van der Waals surface area contributed by atoms with Gasteiger partial charge in [0, 0.05) is 12.8 Å². The van der Waals surface area contributed by atoms with Crippen LogP contribution in [0, 0.1) is 0 Å². The molecule has 0 aromatic heterocycles. The van der Waals surface area contributed by atoms with Crippen molar-refractivity contribution < 1.29 is 42.9 Å². The second kappa shape index (κ2) is 65.7. The molecule has 0 radical (unpaired) electrons. The summed E-state index contributed by atoms with van der Waals surface area (Å²) in [6, 6.07) is 0. The van der Waals surface area contributed by atoms with Crippen LogP contribution in [0.2, 0.25) is 0 Å². The molecular weight excluding hydrogens is 1050 g/mol. The summed E-state index contributed by atoms with van der Waals surface area (Å²) >= 11 is 0. The van der Waals surface area contributed by atoms with Crippen molar-refractivity contribution in [3.05, 3.63) is 122 Å². The highest BCUT2D eigenvalue weighted by Crippen LogP contribution is 2.17. The highest BCUT2D eigenvalue weighted by Gasteiger charge is 2.22. The summed E-state index contributed by atoms with van der Waals surface area (Å²) in [6.45, 7) is 4.63. The van der Waals surface area contributed by atoms with Gasteiger partial charge in [-0.25, -0.2) is 0 Å². The molecule has 85 heavy (non-hydrogen) atoms. The monoisotopic (exact) mass is 1180 g/mol. The minimum absolute atomic E-state index is 0.138. The maximum atomic E-state index is 12.9. The number of carbonyl (C=O) groups excluding carboxylic acids is 3. The van der Waals surface area contributed by atoms with E-state index in [1.807, 2.05) is 21.1 Å². The number of allylic oxidation sites excluding steroid dienone is 20. The van der Waals surface area contributed by atoms with E-state index in [0.29, 0.717) is 17.4 Å². The van der Waals surface area contributed by atoms with Crippen LogP contribution in [0.5, 0.6) is 0 Å². The number of unbranched alkanes of at least 4 members (excludes halogenated alkanes) is 28. The summed E-state index contributed by atoms with van der Waals surface area (Å²) in [5.74, 6) is -2.32. The topological polar surface area (TPSA) is 111 Å². The second-order valence-corrected chi connectivity index (χ2v) is 24.1.